The second-order valence-corrected chi connectivity index (χ2v) is 9.56. The summed E-state index contributed by atoms with van der Waals surface area (Å²) in [5.41, 5.74) is 1.85. The van der Waals surface area contributed by atoms with Crippen LogP contribution in [0.15, 0.2) is 72.0 Å². The second-order valence-electron chi connectivity index (χ2n) is 8.61. The molecule has 9 heteroatoms. The molecule has 0 spiro atoms. The van der Waals surface area contributed by atoms with Crippen LogP contribution in [-0.2, 0) is 4.79 Å². The van der Waals surface area contributed by atoms with Crippen LogP contribution in [0.25, 0.3) is 0 Å². The van der Waals surface area contributed by atoms with Crippen LogP contribution in [0.2, 0.25) is 0 Å². The Morgan fingerprint density at radius 2 is 1.46 bits per heavy atom. The Labute approximate surface area is 209 Å². The van der Waals surface area contributed by atoms with Crippen LogP contribution < -0.4 is 14.7 Å². The zero-order valence-corrected chi connectivity index (χ0v) is 20.4. The molecule has 2 saturated heterocycles. The zero-order chi connectivity index (χ0) is 24.0. The number of carbonyl (C=O) groups is 1. The highest BCUT2D eigenvalue weighted by Crippen LogP contribution is 2.23. The number of aromatic nitrogens is 2. The van der Waals surface area contributed by atoms with Gasteiger partial charge in [-0.2, -0.15) is 0 Å². The summed E-state index contributed by atoms with van der Waals surface area (Å²) in [4.78, 5) is 30.4. The van der Waals surface area contributed by atoms with E-state index in [1.165, 1.54) is 23.5 Å². The number of piperazine rings is 2. The first-order valence-corrected chi connectivity index (χ1v) is 12.9. The van der Waals surface area contributed by atoms with Crippen LogP contribution in [0.1, 0.15) is 0 Å². The molecule has 3 heterocycles. The molecule has 182 valence electrons. The van der Waals surface area contributed by atoms with Gasteiger partial charge in [-0.25, -0.2) is 14.4 Å². The molecule has 0 aliphatic carbocycles. The number of anilines is 3. The maximum absolute atomic E-state index is 14.1. The lowest BCUT2D eigenvalue weighted by Gasteiger charge is -2.36. The highest BCUT2D eigenvalue weighted by Gasteiger charge is 2.23. The largest absolute Gasteiger partial charge is 0.368 e. The molecule has 0 atom stereocenters. The summed E-state index contributed by atoms with van der Waals surface area (Å²) in [5.74, 6) is 1.04. The highest BCUT2D eigenvalue weighted by atomic mass is 32.2. The number of hydrogen-bond acceptors (Lipinski definition) is 7. The van der Waals surface area contributed by atoms with Crippen molar-refractivity contribution >= 4 is 34.9 Å². The fourth-order valence-electron chi connectivity index (χ4n) is 4.53. The van der Waals surface area contributed by atoms with Crippen molar-refractivity contribution in [3.05, 3.63) is 72.7 Å². The quantitative estimate of drug-likeness (QED) is 0.386. The molecule has 2 aromatic carbocycles. The van der Waals surface area contributed by atoms with Crippen molar-refractivity contribution in [3.8, 4) is 0 Å². The van der Waals surface area contributed by atoms with Gasteiger partial charge in [-0.1, -0.05) is 42.1 Å². The zero-order valence-electron chi connectivity index (χ0n) is 19.6. The van der Waals surface area contributed by atoms with Gasteiger partial charge in [0.15, 0.2) is 5.16 Å². The molecule has 2 fully saturated rings. The van der Waals surface area contributed by atoms with E-state index >= 15 is 0 Å². The van der Waals surface area contributed by atoms with E-state index in [4.69, 9.17) is 4.98 Å². The molecule has 0 saturated carbocycles. The summed E-state index contributed by atoms with van der Waals surface area (Å²) in [6, 6.07) is 19.2. The molecule has 0 unspecified atom stereocenters. The highest BCUT2D eigenvalue weighted by molar-refractivity contribution is 7.99. The van der Waals surface area contributed by atoms with Crippen molar-refractivity contribution in [1.29, 1.82) is 0 Å². The average molecular weight is 493 g/mol. The Morgan fingerprint density at radius 3 is 2.20 bits per heavy atom. The summed E-state index contributed by atoms with van der Waals surface area (Å²) >= 11 is 1.37. The van der Waals surface area contributed by atoms with E-state index in [0.717, 1.165) is 32.0 Å². The Bertz CT molecular complexity index is 1130. The summed E-state index contributed by atoms with van der Waals surface area (Å²) in [5, 5.41) is 0.617. The normalized spacial score (nSPS) is 16.5. The van der Waals surface area contributed by atoms with Gasteiger partial charge < -0.3 is 19.6 Å². The van der Waals surface area contributed by atoms with Crippen molar-refractivity contribution in [1.82, 2.24) is 14.9 Å². The van der Waals surface area contributed by atoms with E-state index in [2.05, 4.69) is 39.0 Å². The SMILES string of the molecule is O=C(CSc1nccc(N2CCN(c3ccccc3)CC2)n1)N1CCN(c2ccccc2F)CC1. The second kappa shape index (κ2) is 10.9. The molecule has 3 aromatic rings. The number of para-hydroxylation sites is 2. The predicted molar refractivity (Wildman–Crippen MR) is 139 cm³/mol. The van der Waals surface area contributed by atoms with Gasteiger partial charge in [-0.15, -0.1) is 0 Å². The lowest BCUT2D eigenvalue weighted by atomic mass is 10.2. The Kier molecular flexibility index (Phi) is 7.32. The van der Waals surface area contributed by atoms with Crippen molar-refractivity contribution < 1.29 is 9.18 Å². The predicted octanol–water partition coefficient (Wildman–Crippen LogP) is 3.38. The number of hydrogen-bond donors (Lipinski definition) is 0. The Hall–Kier alpha value is -3.33. The van der Waals surface area contributed by atoms with Gasteiger partial charge in [-0.3, -0.25) is 4.79 Å². The Balaban J connectivity index is 1.10. The lowest BCUT2D eigenvalue weighted by molar-refractivity contribution is -0.128. The van der Waals surface area contributed by atoms with E-state index in [9.17, 15) is 9.18 Å². The minimum Gasteiger partial charge on any atom is -0.368 e. The summed E-state index contributed by atoms with van der Waals surface area (Å²) in [6.45, 7) is 6.07. The van der Waals surface area contributed by atoms with Gasteiger partial charge >= 0.3 is 0 Å². The molecule has 7 nitrogen and oxygen atoms in total. The minimum absolute atomic E-state index is 0.0636. The third-order valence-electron chi connectivity index (χ3n) is 6.49. The molecular weight excluding hydrogens is 463 g/mol. The third kappa shape index (κ3) is 5.67. The van der Waals surface area contributed by atoms with Gasteiger partial charge in [-0.05, 0) is 30.3 Å². The molecule has 1 aromatic heterocycles. The van der Waals surface area contributed by atoms with Crippen LogP contribution in [0.3, 0.4) is 0 Å². The van der Waals surface area contributed by atoms with Crippen molar-refractivity contribution in [2.75, 3.05) is 72.8 Å². The molecule has 1 amide bonds. The van der Waals surface area contributed by atoms with Gasteiger partial charge in [0.05, 0.1) is 11.4 Å². The number of amides is 1. The van der Waals surface area contributed by atoms with Crippen molar-refractivity contribution in [2.45, 2.75) is 5.16 Å². The summed E-state index contributed by atoms with van der Waals surface area (Å²) in [7, 11) is 0. The molecule has 35 heavy (non-hydrogen) atoms. The van der Waals surface area contributed by atoms with Crippen LogP contribution in [-0.4, -0.2) is 78.9 Å². The summed E-state index contributed by atoms with van der Waals surface area (Å²) < 4.78 is 14.1. The first-order valence-electron chi connectivity index (χ1n) is 12.0. The van der Waals surface area contributed by atoms with Crippen LogP contribution in [0.5, 0.6) is 0 Å². The maximum Gasteiger partial charge on any atom is 0.233 e. The van der Waals surface area contributed by atoms with Crippen molar-refractivity contribution in [3.63, 3.8) is 0 Å². The molecule has 5 rings (SSSR count). The molecular formula is C26H29FN6OS. The molecule has 0 radical (unpaired) electrons. The third-order valence-corrected chi connectivity index (χ3v) is 7.34. The lowest BCUT2D eigenvalue weighted by Crippen LogP contribution is -2.49. The average Bonchev–Trinajstić information content (AvgIpc) is 2.93. The number of halogens is 1. The number of rotatable bonds is 6. The minimum atomic E-state index is -0.221. The van der Waals surface area contributed by atoms with E-state index < -0.39 is 0 Å². The summed E-state index contributed by atoms with van der Waals surface area (Å²) in [6.07, 6.45) is 1.77. The first kappa shape index (κ1) is 23.4. The smallest absolute Gasteiger partial charge is 0.233 e. The van der Waals surface area contributed by atoms with Crippen LogP contribution in [0.4, 0.5) is 21.6 Å². The van der Waals surface area contributed by atoms with E-state index in [1.54, 1.807) is 18.3 Å². The first-order chi connectivity index (χ1) is 17.2. The topological polar surface area (TPSA) is 55.8 Å². The molecule has 0 bridgehead atoms. The fraction of sp³-hybridized carbons (Fsp3) is 0.346. The number of benzene rings is 2. The van der Waals surface area contributed by atoms with Gasteiger partial charge in [0.1, 0.15) is 11.6 Å². The fourth-order valence-corrected chi connectivity index (χ4v) is 5.26. The van der Waals surface area contributed by atoms with Crippen LogP contribution in [0, 0.1) is 5.82 Å². The number of carbonyl (C=O) groups excluding carboxylic acids is 1. The van der Waals surface area contributed by atoms with E-state index in [0.29, 0.717) is 42.8 Å². The molecule has 2 aliphatic rings. The van der Waals surface area contributed by atoms with E-state index in [-0.39, 0.29) is 11.7 Å². The standard InChI is InChI=1S/C26H29FN6OS/c27-22-8-4-5-9-23(22)31-14-18-33(19-15-31)25(34)20-35-26-28-11-10-24(29-26)32-16-12-30(13-17-32)21-6-2-1-3-7-21/h1-11H,12-20H2. The molecule has 2 aliphatic heterocycles. The number of nitrogens with zero attached hydrogens (tertiary/aromatic N) is 6. The van der Waals surface area contributed by atoms with Gasteiger partial charge in [0, 0.05) is 64.2 Å². The van der Waals surface area contributed by atoms with Gasteiger partial charge in [0.2, 0.25) is 5.91 Å². The number of thioether (sulfide) groups is 1. The van der Waals surface area contributed by atoms with E-state index in [1.807, 2.05) is 28.0 Å². The molecule has 0 N–H and O–H groups in total. The van der Waals surface area contributed by atoms with Gasteiger partial charge in [0.25, 0.3) is 0 Å². The van der Waals surface area contributed by atoms with Crippen LogP contribution >= 0.6 is 11.8 Å². The maximum atomic E-state index is 14.1. The Morgan fingerprint density at radius 1 is 0.800 bits per heavy atom. The monoisotopic (exact) mass is 492 g/mol. The van der Waals surface area contributed by atoms with Crippen molar-refractivity contribution in [2.24, 2.45) is 0 Å².